The van der Waals surface area contributed by atoms with Crippen molar-refractivity contribution in [3.63, 3.8) is 0 Å². The smallest absolute Gasteiger partial charge is 0.351 e. The molecule has 152 valence electrons. The van der Waals surface area contributed by atoms with Gasteiger partial charge in [0.1, 0.15) is 12.4 Å². The molecule has 0 bridgehead atoms. The highest BCUT2D eigenvalue weighted by atomic mass is 16.2. The highest BCUT2D eigenvalue weighted by molar-refractivity contribution is 6.13. The van der Waals surface area contributed by atoms with E-state index in [1.165, 1.54) is 11.1 Å². The average Bonchev–Trinajstić information content (AvgIpc) is 3.06. The van der Waals surface area contributed by atoms with Crippen molar-refractivity contribution in [3.8, 4) is 5.69 Å². The van der Waals surface area contributed by atoms with Crippen LogP contribution in [0.4, 0.5) is 5.95 Å². The van der Waals surface area contributed by atoms with Crippen LogP contribution in [0.3, 0.4) is 0 Å². The quantitative estimate of drug-likeness (QED) is 0.859. The van der Waals surface area contributed by atoms with Gasteiger partial charge in [-0.25, -0.2) is 14.0 Å². The number of rotatable bonds is 3. The maximum Gasteiger partial charge on any atom is 0.352 e. The molecule has 8 heteroatoms. The molecule has 0 radical (unpaired) electrons. The van der Waals surface area contributed by atoms with Gasteiger partial charge in [0.2, 0.25) is 11.9 Å². The van der Waals surface area contributed by atoms with Gasteiger partial charge >= 0.3 is 5.69 Å². The third kappa shape index (κ3) is 3.07. The summed E-state index contributed by atoms with van der Waals surface area (Å²) in [5, 5.41) is 7.65. The Hall–Kier alpha value is -2.90. The lowest BCUT2D eigenvalue weighted by Crippen LogP contribution is -2.44. The summed E-state index contributed by atoms with van der Waals surface area (Å²) < 4.78 is 2.89. The monoisotopic (exact) mass is 394 g/mol. The fraction of sp³-hybridized carbons (Fsp3) is 0.524. The molecule has 1 aromatic heterocycles. The molecule has 2 aromatic rings. The Labute approximate surface area is 169 Å². The summed E-state index contributed by atoms with van der Waals surface area (Å²) >= 11 is 0. The van der Waals surface area contributed by atoms with E-state index in [2.05, 4.69) is 22.3 Å². The summed E-state index contributed by atoms with van der Waals surface area (Å²) in [6.45, 7) is 3.65. The molecule has 1 amide bonds. The number of amidine groups is 1. The average molecular weight is 394 g/mol. The number of carbonyl (C=O) groups is 1. The van der Waals surface area contributed by atoms with Gasteiger partial charge in [-0.3, -0.25) is 14.7 Å². The van der Waals surface area contributed by atoms with E-state index in [4.69, 9.17) is 0 Å². The summed E-state index contributed by atoms with van der Waals surface area (Å²) in [4.78, 5) is 32.5. The Balaban J connectivity index is 1.47. The predicted molar refractivity (Wildman–Crippen MR) is 111 cm³/mol. The Morgan fingerprint density at radius 3 is 2.90 bits per heavy atom. The largest absolute Gasteiger partial charge is 0.352 e. The molecule has 0 spiro atoms. The number of benzene rings is 1. The van der Waals surface area contributed by atoms with Crippen molar-refractivity contribution in [1.29, 1.82) is 0 Å². The van der Waals surface area contributed by atoms with E-state index in [-0.39, 0.29) is 24.2 Å². The molecule has 0 saturated heterocycles. The lowest BCUT2D eigenvalue weighted by molar-refractivity contribution is -0.123. The number of aliphatic imine (C=N–C) groups is 1. The molecular weight excluding hydrogens is 368 g/mol. The lowest BCUT2D eigenvalue weighted by Gasteiger charge is -2.33. The van der Waals surface area contributed by atoms with Crippen molar-refractivity contribution in [2.75, 3.05) is 18.0 Å². The molecule has 1 aliphatic carbocycles. The fourth-order valence-corrected chi connectivity index (χ4v) is 4.69. The van der Waals surface area contributed by atoms with Gasteiger partial charge in [-0.05, 0) is 37.3 Å². The first-order valence-electron chi connectivity index (χ1n) is 10.5. The Morgan fingerprint density at radius 2 is 2.03 bits per heavy atom. The molecule has 1 aromatic carbocycles. The van der Waals surface area contributed by atoms with Gasteiger partial charge < -0.3 is 5.32 Å². The van der Waals surface area contributed by atoms with Crippen LogP contribution in [0.2, 0.25) is 0 Å². The van der Waals surface area contributed by atoms with Crippen molar-refractivity contribution in [3.05, 3.63) is 40.3 Å². The highest BCUT2D eigenvalue weighted by Gasteiger charge is 2.33. The van der Waals surface area contributed by atoms with Crippen molar-refractivity contribution in [2.24, 2.45) is 10.9 Å². The molecular formula is C21H26N6O2. The summed E-state index contributed by atoms with van der Waals surface area (Å²) in [6.07, 6.45) is 5.41. The minimum atomic E-state index is -0.288. The lowest BCUT2D eigenvalue weighted by atomic mass is 9.86. The van der Waals surface area contributed by atoms with Crippen molar-refractivity contribution in [1.82, 2.24) is 19.7 Å². The first-order valence-corrected chi connectivity index (χ1v) is 10.5. The standard InChI is InChI=1S/C21H26N6O2/c1-14-7-2-4-9-16(14)23-18(28)13-26-21(29)27-17-10-5-3-8-15(17)19-22-11-6-12-25(19)20(27)24-26/h3,5,8,10,14,16H,2,4,6-7,9,11-13H2,1H3,(H,23,28). The molecule has 3 aliphatic rings. The summed E-state index contributed by atoms with van der Waals surface area (Å²) in [7, 11) is 0. The third-order valence-corrected chi connectivity index (χ3v) is 6.26. The van der Waals surface area contributed by atoms with E-state index < -0.39 is 0 Å². The molecule has 2 atom stereocenters. The van der Waals surface area contributed by atoms with Gasteiger partial charge in [-0.1, -0.05) is 31.9 Å². The molecule has 2 aliphatic heterocycles. The molecule has 29 heavy (non-hydrogen) atoms. The predicted octanol–water partition coefficient (Wildman–Crippen LogP) is 1.70. The van der Waals surface area contributed by atoms with Gasteiger partial charge in [-0.2, -0.15) is 0 Å². The zero-order chi connectivity index (χ0) is 20.0. The van der Waals surface area contributed by atoms with Crippen LogP contribution < -0.4 is 15.9 Å². The van der Waals surface area contributed by atoms with E-state index in [9.17, 15) is 9.59 Å². The Morgan fingerprint density at radius 1 is 1.21 bits per heavy atom. The third-order valence-electron chi connectivity index (χ3n) is 6.26. The normalized spacial score (nSPS) is 22.9. The molecule has 1 fully saturated rings. The van der Waals surface area contributed by atoms with E-state index in [0.29, 0.717) is 11.9 Å². The summed E-state index contributed by atoms with van der Waals surface area (Å²) in [5.74, 6) is 1.73. The second-order valence-corrected chi connectivity index (χ2v) is 8.24. The number of para-hydroxylation sites is 1. The number of amides is 1. The molecule has 8 nitrogen and oxygen atoms in total. The SMILES string of the molecule is CC1CCCCC1NC(=O)Cn1nc2n(c1=O)-c1ccccc1C1=NCCCN12. The van der Waals surface area contributed by atoms with Crippen LogP contribution in [0.15, 0.2) is 34.1 Å². The number of carbonyl (C=O) groups excluding carboxylic acids is 1. The zero-order valence-corrected chi connectivity index (χ0v) is 16.7. The van der Waals surface area contributed by atoms with Crippen LogP contribution in [-0.4, -0.2) is 45.2 Å². The van der Waals surface area contributed by atoms with Crippen LogP contribution >= 0.6 is 0 Å². The summed E-state index contributed by atoms with van der Waals surface area (Å²) in [5.41, 5.74) is 1.42. The van der Waals surface area contributed by atoms with Crippen molar-refractivity contribution < 1.29 is 4.79 Å². The van der Waals surface area contributed by atoms with Crippen molar-refractivity contribution in [2.45, 2.75) is 51.6 Å². The summed E-state index contributed by atoms with van der Waals surface area (Å²) in [6, 6.07) is 7.93. The molecule has 2 unspecified atom stereocenters. The molecule has 1 N–H and O–H groups in total. The molecule has 1 saturated carbocycles. The Bertz CT molecular complexity index is 1040. The number of nitrogens with zero attached hydrogens (tertiary/aromatic N) is 5. The minimum absolute atomic E-state index is 0.0649. The van der Waals surface area contributed by atoms with Crippen LogP contribution in [0.25, 0.3) is 5.69 Å². The maximum absolute atomic E-state index is 13.2. The second-order valence-electron chi connectivity index (χ2n) is 8.24. The number of hydrogen-bond donors (Lipinski definition) is 1. The van der Waals surface area contributed by atoms with Crippen LogP contribution in [-0.2, 0) is 11.3 Å². The van der Waals surface area contributed by atoms with Crippen LogP contribution in [0, 0.1) is 5.92 Å². The number of nitrogens with one attached hydrogen (secondary N) is 1. The Kier molecular flexibility index (Phi) is 4.49. The number of aromatic nitrogens is 3. The van der Waals surface area contributed by atoms with Gasteiger partial charge in [0.15, 0.2) is 0 Å². The van der Waals surface area contributed by atoms with Crippen LogP contribution in [0.5, 0.6) is 0 Å². The van der Waals surface area contributed by atoms with Gasteiger partial charge in [0.05, 0.1) is 5.69 Å². The van der Waals surface area contributed by atoms with E-state index >= 15 is 0 Å². The number of fused-ring (bicyclic) bond motifs is 6. The first-order chi connectivity index (χ1) is 14.1. The fourth-order valence-electron chi connectivity index (χ4n) is 4.69. The second kappa shape index (κ2) is 7.17. The number of hydrogen-bond acceptors (Lipinski definition) is 5. The van der Waals surface area contributed by atoms with E-state index in [0.717, 1.165) is 55.9 Å². The van der Waals surface area contributed by atoms with E-state index in [1.54, 1.807) is 4.57 Å². The highest BCUT2D eigenvalue weighted by Crippen LogP contribution is 2.29. The molecule has 5 rings (SSSR count). The maximum atomic E-state index is 13.2. The zero-order valence-electron chi connectivity index (χ0n) is 16.7. The van der Waals surface area contributed by atoms with E-state index in [1.807, 2.05) is 29.2 Å². The molecule has 3 heterocycles. The topological polar surface area (TPSA) is 84.5 Å². The minimum Gasteiger partial charge on any atom is -0.351 e. The van der Waals surface area contributed by atoms with Gasteiger partial charge in [0.25, 0.3) is 0 Å². The number of anilines is 1. The first kappa shape index (κ1) is 18.1. The van der Waals surface area contributed by atoms with Crippen LogP contribution in [0.1, 0.15) is 44.6 Å². The van der Waals surface area contributed by atoms with Gasteiger partial charge in [-0.15, -0.1) is 5.10 Å². The van der Waals surface area contributed by atoms with Gasteiger partial charge in [0, 0.05) is 24.7 Å². The van der Waals surface area contributed by atoms with Crippen molar-refractivity contribution >= 4 is 17.7 Å².